The third kappa shape index (κ3) is 5.04. The highest BCUT2D eigenvalue weighted by Gasteiger charge is 2.28. The van der Waals surface area contributed by atoms with E-state index in [0.717, 1.165) is 32.9 Å². The first kappa shape index (κ1) is 25.5. The molecule has 8 nitrogen and oxygen atoms in total. The molecule has 0 bridgehead atoms. The Labute approximate surface area is 224 Å². The van der Waals surface area contributed by atoms with Crippen LogP contribution in [-0.2, 0) is 14.8 Å². The average Bonchev–Trinajstić information content (AvgIpc) is 3.40. The van der Waals surface area contributed by atoms with E-state index in [4.69, 9.17) is 4.42 Å². The molecule has 0 saturated heterocycles. The summed E-state index contributed by atoms with van der Waals surface area (Å²) >= 11 is 2.81. The maximum absolute atomic E-state index is 13.4. The summed E-state index contributed by atoms with van der Waals surface area (Å²) in [4.78, 5) is 17.3. The second-order valence-corrected chi connectivity index (χ2v) is 12.0. The molecule has 0 N–H and O–H groups in total. The van der Waals surface area contributed by atoms with Gasteiger partial charge in [-0.25, -0.2) is 8.42 Å². The number of carbonyl (C=O) groups excluding carboxylic acids is 1. The number of thioether (sulfide) groups is 1. The lowest BCUT2D eigenvalue weighted by Crippen LogP contribution is -2.30. The topological polar surface area (TPSA) is 96.6 Å². The van der Waals surface area contributed by atoms with Crippen molar-refractivity contribution in [3.05, 3.63) is 72.8 Å². The van der Waals surface area contributed by atoms with Crippen LogP contribution in [0.15, 0.2) is 97.1 Å². The summed E-state index contributed by atoms with van der Waals surface area (Å²) in [5, 5.41) is 8.41. The number of aromatic nitrogens is 2. The SMILES string of the molecule is CCN(CC)S(=O)(=O)c1ccc(-c2nnc(SCC(=O)N3c4ccccc4Sc4ccccc43)o2)cc1. The lowest BCUT2D eigenvalue weighted by molar-refractivity contribution is -0.115. The van der Waals surface area contributed by atoms with Gasteiger partial charge in [-0.15, -0.1) is 10.2 Å². The van der Waals surface area contributed by atoms with Crippen molar-refractivity contribution in [3.8, 4) is 11.5 Å². The zero-order valence-corrected chi connectivity index (χ0v) is 22.6. The van der Waals surface area contributed by atoms with Crippen molar-refractivity contribution in [2.75, 3.05) is 23.7 Å². The quantitative estimate of drug-likeness (QED) is 0.257. The van der Waals surface area contributed by atoms with E-state index in [1.54, 1.807) is 42.6 Å². The molecule has 1 amide bonds. The number of amides is 1. The average molecular weight is 553 g/mol. The Balaban J connectivity index is 1.30. The number of benzene rings is 3. The molecule has 11 heteroatoms. The number of anilines is 2. The Morgan fingerprint density at radius 3 is 2.11 bits per heavy atom. The molecule has 1 aliphatic rings. The molecular formula is C26H24N4O4S3. The maximum Gasteiger partial charge on any atom is 0.277 e. The number of carbonyl (C=O) groups is 1. The molecule has 0 atom stereocenters. The highest BCUT2D eigenvalue weighted by Crippen LogP contribution is 2.48. The smallest absolute Gasteiger partial charge is 0.277 e. The van der Waals surface area contributed by atoms with Crippen LogP contribution in [0.25, 0.3) is 11.5 Å². The fraction of sp³-hybridized carbons (Fsp3) is 0.192. The molecule has 0 radical (unpaired) electrons. The first-order valence-electron chi connectivity index (χ1n) is 11.7. The molecule has 5 rings (SSSR count). The minimum absolute atomic E-state index is 0.101. The van der Waals surface area contributed by atoms with Gasteiger partial charge in [-0.05, 0) is 48.5 Å². The number of hydrogen-bond donors (Lipinski definition) is 0. The minimum Gasteiger partial charge on any atom is -0.411 e. The molecule has 4 aromatic rings. The maximum atomic E-state index is 13.4. The van der Waals surface area contributed by atoms with Gasteiger partial charge in [-0.1, -0.05) is 61.6 Å². The van der Waals surface area contributed by atoms with Gasteiger partial charge < -0.3 is 4.42 Å². The van der Waals surface area contributed by atoms with Crippen molar-refractivity contribution in [1.29, 1.82) is 0 Å². The van der Waals surface area contributed by atoms with Gasteiger partial charge in [-0.3, -0.25) is 9.69 Å². The highest BCUT2D eigenvalue weighted by molar-refractivity contribution is 8.00. The molecule has 1 aromatic heterocycles. The molecule has 0 unspecified atom stereocenters. The molecule has 0 fully saturated rings. The predicted octanol–water partition coefficient (Wildman–Crippen LogP) is 5.69. The van der Waals surface area contributed by atoms with Crippen LogP contribution in [0.2, 0.25) is 0 Å². The molecule has 0 spiro atoms. The summed E-state index contributed by atoms with van der Waals surface area (Å²) < 4.78 is 32.6. The Kier molecular flexibility index (Phi) is 7.38. The zero-order chi connectivity index (χ0) is 26.0. The Morgan fingerprint density at radius 2 is 1.51 bits per heavy atom. The largest absolute Gasteiger partial charge is 0.411 e. The number of hydrogen-bond acceptors (Lipinski definition) is 8. The van der Waals surface area contributed by atoms with Gasteiger partial charge in [0.05, 0.1) is 22.0 Å². The number of nitrogens with zero attached hydrogens (tertiary/aromatic N) is 4. The van der Waals surface area contributed by atoms with Crippen LogP contribution in [0.4, 0.5) is 11.4 Å². The highest BCUT2D eigenvalue weighted by atomic mass is 32.2. The van der Waals surface area contributed by atoms with Crippen LogP contribution in [0.3, 0.4) is 0 Å². The molecule has 1 aliphatic heterocycles. The Morgan fingerprint density at radius 1 is 0.919 bits per heavy atom. The fourth-order valence-electron chi connectivity index (χ4n) is 4.03. The Hall–Kier alpha value is -3.12. The van der Waals surface area contributed by atoms with Crippen molar-refractivity contribution < 1.29 is 17.6 Å². The standard InChI is InChI=1S/C26H24N4O4S3/c1-3-29(4-2)37(32,33)19-15-13-18(14-16-19)25-27-28-26(34-25)35-17-24(31)30-20-9-5-7-11-22(20)36-23-12-8-6-10-21(23)30/h5-16H,3-4,17H2,1-2H3. The van der Waals surface area contributed by atoms with Gasteiger partial charge in [0.1, 0.15) is 0 Å². The van der Waals surface area contributed by atoms with Crippen LogP contribution >= 0.6 is 23.5 Å². The number of para-hydroxylation sites is 2. The Bertz CT molecular complexity index is 1490. The summed E-state index contributed by atoms with van der Waals surface area (Å²) in [5.41, 5.74) is 2.30. The van der Waals surface area contributed by atoms with Crippen molar-refractivity contribution in [2.24, 2.45) is 0 Å². The van der Waals surface area contributed by atoms with E-state index in [2.05, 4.69) is 10.2 Å². The minimum atomic E-state index is -3.55. The van der Waals surface area contributed by atoms with Crippen molar-refractivity contribution in [2.45, 2.75) is 33.8 Å². The molecule has 3 aromatic carbocycles. The molecule has 37 heavy (non-hydrogen) atoms. The molecular weight excluding hydrogens is 529 g/mol. The first-order valence-corrected chi connectivity index (χ1v) is 14.9. The summed E-state index contributed by atoms with van der Waals surface area (Å²) in [7, 11) is -3.55. The van der Waals surface area contributed by atoms with Crippen LogP contribution in [0.5, 0.6) is 0 Å². The molecule has 0 saturated carbocycles. The summed E-state index contributed by atoms with van der Waals surface area (Å²) in [6.45, 7) is 4.41. The van der Waals surface area contributed by atoms with Gasteiger partial charge in [-0.2, -0.15) is 4.31 Å². The van der Waals surface area contributed by atoms with E-state index in [1.165, 1.54) is 16.4 Å². The third-order valence-electron chi connectivity index (χ3n) is 5.85. The van der Waals surface area contributed by atoms with Crippen LogP contribution in [-0.4, -0.2) is 47.7 Å². The van der Waals surface area contributed by atoms with Gasteiger partial charge in [0.25, 0.3) is 5.22 Å². The van der Waals surface area contributed by atoms with E-state index in [9.17, 15) is 13.2 Å². The van der Waals surface area contributed by atoms with E-state index in [1.807, 2.05) is 48.5 Å². The van der Waals surface area contributed by atoms with Gasteiger partial charge in [0.2, 0.25) is 21.8 Å². The summed E-state index contributed by atoms with van der Waals surface area (Å²) in [6.07, 6.45) is 0. The number of fused-ring (bicyclic) bond motifs is 2. The zero-order valence-electron chi connectivity index (χ0n) is 20.2. The van der Waals surface area contributed by atoms with Gasteiger partial charge >= 0.3 is 0 Å². The van der Waals surface area contributed by atoms with Crippen LogP contribution in [0.1, 0.15) is 13.8 Å². The third-order valence-corrected chi connectivity index (χ3v) is 9.85. The lowest BCUT2D eigenvalue weighted by atomic mass is 10.2. The first-order chi connectivity index (χ1) is 17.9. The predicted molar refractivity (Wildman–Crippen MR) is 145 cm³/mol. The van der Waals surface area contributed by atoms with Gasteiger partial charge in [0, 0.05) is 28.4 Å². The lowest BCUT2D eigenvalue weighted by Gasteiger charge is -2.30. The van der Waals surface area contributed by atoms with Crippen LogP contribution < -0.4 is 4.90 Å². The van der Waals surface area contributed by atoms with Crippen molar-refractivity contribution in [3.63, 3.8) is 0 Å². The second-order valence-electron chi connectivity index (χ2n) is 8.04. The van der Waals surface area contributed by atoms with E-state index < -0.39 is 10.0 Å². The van der Waals surface area contributed by atoms with Crippen LogP contribution in [0, 0.1) is 0 Å². The molecule has 190 valence electrons. The normalized spacial score (nSPS) is 12.9. The summed E-state index contributed by atoms with van der Waals surface area (Å²) in [6, 6.07) is 22.0. The summed E-state index contributed by atoms with van der Waals surface area (Å²) in [5.74, 6) is 0.262. The van der Waals surface area contributed by atoms with E-state index in [0.29, 0.717) is 18.7 Å². The second kappa shape index (κ2) is 10.7. The van der Waals surface area contributed by atoms with E-state index >= 15 is 0 Å². The molecule has 0 aliphatic carbocycles. The number of rotatable bonds is 8. The van der Waals surface area contributed by atoms with Gasteiger partial charge in [0.15, 0.2) is 0 Å². The fourth-order valence-corrected chi connectivity index (χ4v) is 7.16. The monoisotopic (exact) mass is 552 g/mol. The van der Waals surface area contributed by atoms with Crippen molar-refractivity contribution in [1.82, 2.24) is 14.5 Å². The number of sulfonamides is 1. The van der Waals surface area contributed by atoms with E-state index in [-0.39, 0.29) is 27.7 Å². The molecule has 2 heterocycles. The van der Waals surface area contributed by atoms with Crippen molar-refractivity contribution >= 4 is 50.8 Å².